The van der Waals surface area contributed by atoms with E-state index in [9.17, 15) is 0 Å². The van der Waals surface area contributed by atoms with Crippen LogP contribution in [-0.2, 0) is 6.42 Å². The number of likely N-dealkylation sites (N-methyl/N-ethyl adjacent to an activating group) is 1. The number of nitrogens with one attached hydrogen (secondary N) is 1. The van der Waals surface area contributed by atoms with Crippen LogP contribution in [-0.4, -0.2) is 13.1 Å². The van der Waals surface area contributed by atoms with Gasteiger partial charge in [0.2, 0.25) is 0 Å². The van der Waals surface area contributed by atoms with Crippen molar-refractivity contribution in [3.63, 3.8) is 0 Å². The highest BCUT2D eigenvalue weighted by Gasteiger charge is 2.38. The Kier molecular flexibility index (Phi) is 3.34. The molecule has 0 aliphatic heterocycles. The van der Waals surface area contributed by atoms with Gasteiger partial charge in [0.25, 0.3) is 0 Å². The summed E-state index contributed by atoms with van der Waals surface area (Å²) < 4.78 is 0. The predicted molar refractivity (Wildman–Crippen MR) is 69.7 cm³/mol. The van der Waals surface area contributed by atoms with Crippen LogP contribution in [0.15, 0.2) is 18.2 Å². The van der Waals surface area contributed by atoms with E-state index in [0.29, 0.717) is 6.04 Å². The molecule has 0 spiro atoms. The molecule has 1 aromatic carbocycles. The Morgan fingerprint density at radius 2 is 2.00 bits per heavy atom. The molecule has 16 heavy (non-hydrogen) atoms. The number of aryl methyl sites for hydroxylation is 2. The maximum Gasteiger partial charge on any atom is 0.0135 e. The highest BCUT2D eigenvalue weighted by molar-refractivity contribution is 5.30. The second-order valence-electron chi connectivity index (χ2n) is 5.39. The molecule has 2 rings (SSSR count). The summed E-state index contributed by atoms with van der Waals surface area (Å²) >= 11 is 0. The van der Waals surface area contributed by atoms with E-state index in [0.717, 1.165) is 11.8 Å². The molecule has 0 aromatic heterocycles. The smallest absolute Gasteiger partial charge is 0.0135 e. The third-order valence-electron chi connectivity index (χ3n) is 4.09. The van der Waals surface area contributed by atoms with E-state index in [1.54, 1.807) is 0 Å². The van der Waals surface area contributed by atoms with Crippen molar-refractivity contribution in [1.82, 2.24) is 5.32 Å². The molecule has 0 bridgehead atoms. The highest BCUT2D eigenvalue weighted by Crippen LogP contribution is 2.41. The Morgan fingerprint density at radius 3 is 2.50 bits per heavy atom. The van der Waals surface area contributed by atoms with Gasteiger partial charge in [0.15, 0.2) is 0 Å². The molecule has 1 aromatic rings. The number of hydrogen-bond acceptors (Lipinski definition) is 1. The molecule has 1 fully saturated rings. The van der Waals surface area contributed by atoms with Crippen molar-refractivity contribution in [1.29, 1.82) is 0 Å². The fourth-order valence-electron chi connectivity index (χ4n) is 2.56. The average molecular weight is 217 g/mol. The SMILES string of the molecule is CNC(Cc1ccc(C)c(C)c1)C1CC1C. The fraction of sp³-hybridized carbons (Fsp3) is 0.600. The molecule has 1 aliphatic rings. The summed E-state index contributed by atoms with van der Waals surface area (Å²) in [5.74, 6) is 1.82. The Morgan fingerprint density at radius 1 is 1.31 bits per heavy atom. The first-order valence-electron chi connectivity index (χ1n) is 6.35. The Bertz CT molecular complexity index is 370. The Balaban J connectivity index is 2.04. The standard InChI is InChI=1S/C15H23N/c1-10-5-6-13(7-11(10)2)9-15(16-4)14-8-12(14)3/h5-7,12,14-16H,8-9H2,1-4H3. The van der Waals surface area contributed by atoms with Crippen molar-refractivity contribution in [3.8, 4) is 0 Å². The molecule has 1 aliphatic carbocycles. The minimum absolute atomic E-state index is 0.664. The van der Waals surface area contributed by atoms with Crippen LogP contribution < -0.4 is 5.32 Å². The molecule has 1 N–H and O–H groups in total. The van der Waals surface area contributed by atoms with E-state index in [4.69, 9.17) is 0 Å². The highest BCUT2D eigenvalue weighted by atomic mass is 14.9. The van der Waals surface area contributed by atoms with Crippen LogP contribution in [0.3, 0.4) is 0 Å². The fourth-order valence-corrected chi connectivity index (χ4v) is 2.56. The molecular formula is C15H23N. The largest absolute Gasteiger partial charge is 0.316 e. The lowest BCUT2D eigenvalue weighted by molar-refractivity contribution is 0.479. The number of benzene rings is 1. The second-order valence-corrected chi connectivity index (χ2v) is 5.39. The van der Waals surface area contributed by atoms with Gasteiger partial charge in [-0.1, -0.05) is 25.1 Å². The van der Waals surface area contributed by atoms with Crippen molar-refractivity contribution in [2.75, 3.05) is 7.05 Å². The van der Waals surface area contributed by atoms with E-state index in [2.05, 4.69) is 51.3 Å². The van der Waals surface area contributed by atoms with Crippen LogP contribution in [0.2, 0.25) is 0 Å². The van der Waals surface area contributed by atoms with E-state index in [-0.39, 0.29) is 0 Å². The van der Waals surface area contributed by atoms with Gasteiger partial charge < -0.3 is 5.32 Å². The molecular weight excluding hydrogens is 194 g/mol. The van der Waals surface area contributed by atoms with Crippen molar-refractivity contribution >= 4 is 0 Å². The molecule has 0 heterocycles. The van der Waals surface area contributed by atoms with Gasteiger partial charge in [-0.15, -0.1) is 0 Å². The monoisotopic (exact) mass is 217 g/mol. The van der Waals surface area contributed by atoms with Crippen molar-refractivity contribution in [2.24, 2.45) is 11.8 Å². The van der Waals surface area contributed by atoms with Gasteiger partial charge in [-0.05, 0) is 62.3 Å². The maximum atomic E-state index is 3.48. The number of hydrogen-bond donors (Lipinski definition) is 1. The Labute approximate surface area is 99.3 Å². The summed E-state index contributed by atoms with van der Waals surface area (Å²) in [5, 5.41) is 3.48. The van der Waals surface area contributed by atoms with E-state index < -0.39 is 0 Å². The van der Waals surface area contributed by atoms with Crippen molar-refractivity contribution in [3.05, 3.63) is 34.9 Å². The van der Waals surface area contributed by atoms with Gasteiger partial charge in [0.1, 0.15) is 0 Å². The minimum Gasteiger partial charge on any atom is -0.316 e. The zero-order valence-corrected chi connectivity index (χ0v) is 10.9. The van der Waals surface area contributed by atoms with E-state index in [1.165, 1.54) is 29.5 Å². The van der Waals surface area contributed by atoms with Gasteiger partial charge >= 0.3 is 0 Å². The van der Waals surface area contributed by atoms with Crippen LogP contribution in [0, 0.1) is 25.7 Å². The lowest BCUT2D eigenvalue weighted by Gasteiger charge is -2.16. The lowest BCUT2D eigenvalue weighted by Crippen LogP contribution is -2.30. The molecule has 1 saturated carbocycles. The molecule has 3 unspecified atom stereocenters. The van der Waals surface area contributed by atoms with E-state index >= 15 is 0 Å². The first-order chi connectivity index (χ1) is 7.61. The van der Waals surface area contributed by atoms with Crippen molar-refractivity contribution < 1.29 is 0 Å². The molecule has 3 atom stereocenters. The van der Waals surface area contributed by atoms with Gasteiger partial charge in [0, 0.05) is 6.04 Å². The first-order valence-corrected chi connectivity index (χ1v) is 6.35. The van der Waals surface area contributed by atoms with Gasteiger partial charge in [-0.3, -0.25) is 0 Å². The lowest BCUT2D eigenvalue weighted by atomic mass is 9.98. The molecule has 1 nitrogen and oxygen atoms in total. The third kappa shape index (κ3) is 2.46. The Hall–Kier alpha value is -0.820. The summed E-state index contributed by atoms with van der Waals surface area (Å²) in [5.41, 5.74) is 4.28. The van der Waals surface area contributed by atoms with Gasteiger partial charge in [-0.2, -0.15) is 0 Å². The van der Waals surface area contributed by atoms with Crippen LogP contribution in [0.5, 0.6) is 0 Å². The van der Waals surface area contributed by atoms with Crippen LogP contribution >= 0.6 is 0 Å². The third-order valence-corrected chi connectivity index (χ3v) is 4.09. The molecule has 1 heteroatoms. The number of rotatable bonds is 4. The molecule has 0 radical (unpaired) electrons. The minimum atomic E-state index is 0.664. The molecule has 0 amide bonds. The summed E-state index contributed by atoms with van der Waals surface area (Å²) in [6, 6.07) is 7.53. The average Bonchev–Trinajstić information content (AvgIpc) is 2.97. The second kappa shape index (κ2) is 4.58. The quantitative estimate of drug-likeness (QED) is 0.817. The van der Waals surface area contributed by atoms with Crippen LogP contribution in [0.1, 0.15) is 30.0 Å². The van der Waals surface area contributed by atoms with Crippen molar-refractivity contribution in [2.45, 2.75) is 39.7 Å². The first kappa shape index (κ1) is 11.7. The van der Waals surface area contributed by atoms with Gasteiger partial charge in [0.05, 0.1) is 0 Å². The summed E-state index contributed by atoms with van der Waals surface area (Å²) in [6.07, 6.45) is 2.57. The zero-order valence-electron chi connectivity index (χ0n) is 10.9. The van der Waals surface area contributed by atoms with Crippen LogP contribution in [0.4, 0.5) is 0 Å². The van der Waals surface area contributed by atoms with E-state index in [1.807, 2.05) is 0 Å². The maximum absolute atomic E-state index is 3.48. The normalized spacial score (nSPS) is 25.5. The predicted octanol–water partition coefficient (Wildman–Crippen LogP) is 3.09. The zero-order chi connectivity index (χ0) is 11.7. The summed E-state index contributed by atoms with van der Waals surface area (Å²) in [6.45, 7) is 6.74. The van der Waals surface area contributed by atoms with Crippen LogP contribution in [0.25, 0.3) is 0 Å². The summed E-state index contributed by atoms with van der Waals surface area (Å²) in [4.78, 5) is 0. The molecule has 0 saturated heterocycles. The summed E-state index contributed by atoms with van der Waals surface area (Å²) in [7, 11) is 2.09. The topological polar surface area (TPSA) is 12.0 Å². The molecule has 88 valence electrons. The van der Waals surface area contributed by atoms with Gasteiger partial charge in [-0.25, -0.2) is 0 Å².